The molecule has 0 unspecified atom stereocenters. The molecule has 4 atom stereocenters. The Morgan fingerprint density at radius 1 is 0.731 bits per heavy atom. The van der Waals surface area contributed by atoms with E-state index in [0.29, 0.717) is 51.7 Å². The summed E-state index contributed by atoms with van der Waals surface area (Å²) >= 11 is 0. The van der Waals surface area contributed by atoms with Crippen molar-refractivity contribution in [2.45, 2.75) is 109 Å². The first-order valence-electron chi connectivity index (χ1n) is 18.5. The number of carbonyl (C=O) groups is 6. The van der Waals surface area contributed by atoms with Crippen LogP contribution in [-0.4, -0.2) is 90.1 Å². The van der Waals surface area contributed by atoms with Crippen molar-refractivity contribution in [1.82, 2.24) is 26.2 Å². The lowest BCUT2D eigenvalue weighted by molar-refractivity contribution is -0.145. The number of ketones is 1. The second kappa shape index (κ2) is 21.7. The first-order valence-corrected chi connectivity index (χ1v) is 18.5. The molecular weight excluding hydrogens is 662 g/mol. The maximum absolute atomic E-state index is 13.9. The Hall–Kier alpha value is -4.62. The van der Waals surface area contributed by atoms with Crippen molar-refractivity contribution in [3.8, 4) is 0 Å². The number of nitrogens with two attached hydrogens (primary N) is 2. The average molecular weight is 720 g/mol. The molecule has 8 N–H and O–H groups in total. The molecule has 1 aliphatic rings. The molecule has 284 valence electrons. The molecular formula is C39H57N7O6. The number of carbonyl (C=O) groups excluding carboxylic acids is 6. The van der Waals surface area contributed by atoms with Gasteiger partial charge < -0.3 is 37.6 Å². The second-order valence-corrected chi connectivity index (χ2v) is 13.9. The number of hydrogen-bond donors (Lipinski definition) is 6. The molecule has 0 aliphatic carbocycles. The fraction of sp³-hybridized carbons (Fsp3) is 0.538. The SMILES string of the molecule is CCC(=O)C(=O)N1CCC(NC(=O)[C@@H](CCCCN)NC(=O)[C@@H](CC(C)C)NC(=O)[C@@H](Cc2ccccc2)NC(=O)[C@H](N)Cc2ccccc2)CC1. The van der Waals surface area contributed by atoms with Crippen LogP contribution in [0.5, 0.6) is 0 Å². The van der Waals surface area contributed by atoms with E-state index in [1.807, 2.05) is 74.5 Å². The van der Waals surface area contributed by atoms with E-state index < -0.39 is 53.6 Å². The number of unbranched alkanes of at least 4 members (excludes halogenated alkanes) is 1. The summed E-state index contributed by atoms with van der Waals surface area (Å²) in [6.07, 6.45) is 3.44. The Bertz CT molecular complexity index is 1460. The van der Waals surface area contributed by atoms with Crippen molar-refractivity contribution in [2.75, 3.05) is 19.6 Å². The third kappa shape index (κ3) is 13.8. The molecule has 0 aromatic heterocycles. The third-order valence-corrected chi connectivity index (χ3v) is 9.16. The van der Waals surface area contributed by atoms with E-state index in [1.54, 1.807) is 6.92 Å². The first kappa shape index (κ1) is 41.8. The highest BCUT2D eigenvalue weighted by atomic mass is 16.2. The Balaban J connectivity index is 1.72. The summed E-state index contributed by atoms with van der Waals surface area (Å²) < 4.78 is 0. The molecule has 1 heterocycles. The van der Waals surface area contributed by atoms with Gasteiger partial charge in [0.1, 0.15) is 18.1 Å². The Labute approximate surface area is 307 Å². The molecule has 1 aliphatic heterocycles. The van der Waals surface area contributed by atoms with Crippen LogP contribution in [0, 0.1) is 5.92 Å². The van der Waals surface area contributed by atoms with Gasteiger partial charge in [0.05, 0.1) is 6.04 Å². The number of benzene rings is 2. The van der Waals surface area contributed by atoms with Crippen molar-refractivity contribution in [1.29, 1.82) is 0 Å². The maximum Gasteiger partial charge on any atom is 0.289 e. The Kier molecular flexibility index (Phi) is 17.4. The van der Waals surface area contributed by atoms with Crippen LogP contribution in [0.15, 0.2) is 60.7 Å². The number of nitrogens with one attached hydrogen (secondary N) is 4. The van der Waals surface area contributed by atoms with Crippen LogP contribution in [0.1, 0.15) is 76.8 Å². The summed E-state index contributed by atoms with van der Waals surface area (Å²) in [4.78, 5) is 80.3. The van der Waals surface area contributed by atoms with Gasteiger partial charge in [-0.15, -0.1) is 0 Å². The van der Waals surface area contributed by atoms with Crippen molar-refractivity contribution < 1.29 is 28.8 Å². The molecule has 5 amide bonds. The smallest absolute Gasteiger partial charge is 0.289 e. The number of piperidine rings is 1. The lowest BCUT2D eigenvalue weighted by atomic mass is 9.99. The fourth-order valence-electron chi connectivity index (χ4n) is 6.16. The van der Waals surface area contributed by atoms with Crippen LogP contribution in [0.4, 0.5) is 0 Å². The van der Waals surface area contributed by atoms with Gasteiger partial charge in [-0.05, 0) is 68.5 Å². The third-order valence-electron chi connectivity index (χ3n) is 9.16. The fourth-order valence-corrected chi connectivity index (χ4v) is 6.16. The van der Waals surface area contributed by atoms with E-state index in [2.05, 4.69) is 21.3 Å². The highest BCUT2D eigenvalue weighted by molar-refractivity contribution is 6.35. The molecule has 52 heavy (non-hydrogen) atoms. The largest absolute Gasteiger partial charge is 0.351 e. The minimum absolute atomic E-state index is 0.00881. The predicted molar refractivity (Wildman–Crippen MR) is 199 cm³/mol. The van der Waals surface area contributed by atoms with E-state index in [-0.39, 0.29) is 43.6 Å². The van der Waals surface area contributed by atoms with Crippen LogP contribution >= 0.6 is 0 Å². The highest BCUT2D eigenvalue weighted by Gasteiger charge is 2.33. The lowest BCUT2D eigenvalue weighted by Gasteiger charge is -2.33. The van der Waals surface area contributed by atoms with Gasteiger partial charge in [-0.2, -0.15) is 0 Å². The average Bonchev–Trinajstić information content (AvgIpc) is 3.14. The monoisotopic (exact) mass is 719 g/mol. The Morgan fingerprint density at radius 2 is 1.27 bits per heavy atom. The molecule has 1 saturated heterocycles. The van der Waals surface area contributed by atoms with E-state index in [1.165, 1.54) is 4.90 Å². The van der Waals surface area contributed by atoms with Crippen LogP contribution in [0.25, 0.3) is 0 Å². The van der Waals surface area contributed by atoms with E-state index in [0.717, 1.165) is 11.1 Å². The van der Waals surface area contributed by atoms with Gasteiger partial charge in [0.15, 0.2) is 0 Å². The maximum atomic E-state index is 13.9. The normalized spacial score (nSPS) is 15.5. The molecule has 3 rings (SSSR count). The Morgan fingerprint density at radius 3 is 1.83 bits per heavy atom. The summed E-state index contributed by atoms with van der Waals surface area (Å²) in [5.41, 5.74) is 13.7. The highest BCUT2D eigenvalue weighted by Crippen LogP contribution is 2.14. The van der Waals surface area contributed by atoms with Gasteiger partial charge in [0.25, 0.3) is 5.91 Å². The number of amides is 5. The number of likely N-dealkylation sites (tertiary alicyclic amines) is 1. The molecule has 2 aromatic carbocycles. The second-order valence-electron chi connectivity index (χ2n) is 13.9. The number of rotatable bonds is 20. The molecule has 2 aromatic rings. The van der Waals surface area contributed by atoms with Crippen molar-refractivity contribution in [2.24, 2.45) is 17.4 Å². The first-order chi connectivity index (χ1) is 24.9. The van der Waals surface area contributed by atoms with Gasteiger partial charge in [-0.1, -0.05) is 81.4 Å². The van der Waals surface area contributed by atoms with Crippen LogP contribution in [0.3, 0.4) is 0 Å². The summed E-state index contributed by atoms with van der Waals surface area (Å²) in [6, 6.07) is 14.6. The van der Waals surface area contributed by atoms with Crippen LogP contribution in [0.2, 0.25) is 0 Å². The number of nitrogens with zero attached hydrogens (tertiary/aromatic N) is 1. The molecule has 13 nitrogen and oxygen atoms in total. The summed E-state index contributed by atoms with van der Waals surface area (Å²) in [7, 11) is 0. The van der Waals surface area contributed by atoms with Gasteiger partial charge >= 0.3 is 0 Å². The quantitative estimate of drug-likeness (QED) is 0.0872. The number of hydrogen-bond acceptors (Lipinski definition) is 8. The molecule has 0 spiro atoms. The van der Waals surface area contributed by atoms with Gasteiger partial charge in [0, 0.05) is 32.0 Å². The van der Waals surface area contributed by atoms with Crippen molar-refractivity contribution in [3.05, 3.63) is 71.8 Å². The molecule has 0 saturated carbocycles. The van der Waals surface area contributed by atoms with E-state index in [4.69, 9.17) is 11.5 Å². The van der Waals surface area contributed by atoms with Crippen LogP contribution < -0.4 is 32.7 Å². The van der Waals surface area contributed by atoms with Crippen LogP contribution in [-0.2, 0) is 41.6 Å². The zero-order chi connectivity index (χ0) is 38.0. The molecule has 0 radical (unpaired) electrons. The van der Waals surface area contributed by atoms with E-state index >= 15 is 0 Å². The zero-order valence-electron chi connectivity index (χ0n) is 30.8. The van der Waals surface area contributed by atoms with Gasteiger partial charge in [-0.3, -0.25) is 28.8 Å². The standard InChI is InChI=1S/C39H57N7O6/c1-4-34(47)39(52)46-21-18-29(19-22-46)42-36(49)31(17-11-12-20-40)43-37(50)32(23-26(2)3)45-38(51)33(25-28-15-9-6-10-16-28)44-35(48)30(41)24-27-13-7-5-8-14-27/h5-10,13-16,26,29-33H,4,11-12,17-25,40-41H2,1-3H3,(H,42,49)(H,43,50)(H,44,48)(H,45,51)/t30-,31-,32-,33-/m1/s1. The number of Topliss-reactive ketones (excluding diaryl/α,β-unsaturated/α-hetero) is 1. The lowest BCUT2D eigenvalue weighted by Crippen LogP contribution is -2.59. The minimum atomic E-state index is -1.02. The minimum Gasteiger partial charge on any atom is -0.351 e. The van der Waals surface area contributed by atoms with Gasteiger partial charge in [0.2, 0.25) is 29.4 Å². The van der Waals surface area contributed by atoms with E-state index in [9.17, 15) is 28.8 Å². The van der Waals surface area contributed by atoms with Crippen molar-refractivity contribution >= 4 is 35.3 Å². The molecule has 13 heteroatoms. The topological polar surface area (TPSA) is 206 Å². The summed E-state index contributed by atoms with van der Waals surface area (Å²) in [5, 5.41) is 11.6. The van der Waals surface area contributed by atoms with Crippen molar-refractivity contribution in [3.63, 3.8) is 0 Å². The molecule has 0 bridgehead atoms. The predicted octanol–water partition coefficient (Wildman–Crippen LogP) is 1.51. The van der Waals surface area contributed by atoms with Gasteiger partial charge in [-0.25, -0.2) is 0 Å². The summed E-state index contributed by atoms with van der Waals surface area (Å²) in [5.74, 6) is -2.85. The summed E-state index contributed by atoms with van der Waals surface area (Å²) in [6.45, 7) is 6.62. The zero-order valence-corrected chi connectivity index (χ0v) is 30.8. The molecule has 1 fully saturated rings.